The molecule has 3 rings (SSSR count). The van der Waals surface area contributed by atoms with Crippen LogP contribution in [0.2, 0.25) is 0 Å². The summed E-state index contributed by atoms with van der Waals surface area (Å²) in [5.74, 6) is 0.957. The molecule has 1 fully saturated rings. The van der Waals surface area contributed by atoms with Crippen LogP contribution < -0.4 is 4.74 Å². The maximum atomic E-state index is 6.20. The van der Waals surface area contributed by atoms with Gasteiger partial charge in [-0.2, -0.15) is 0 Å². The Kier molecular flexibility index (Phi) is 4.26. The van der Waals surface area contributed by atoms with Gasteiger partial charge in [-0.3, -0.25) is 0 Å². The van der Waals surface area contributed by atoms with Crippen LogP contribution in [-0.4, -0.2) is 12.9 Å². The van der Waals surface area contributed by atoms with Gasteiger partial charge in [0.2, 0.25) is 0 Å². The molecule has 1 heterocycles. The standard InChI is InChI=1S/C19H22O2/c1-14-12-15(2)19(21-18-10-6-7-11-20-18)17(13-14)16-8-4-3-5-9-16/h3-5,8-9,12-13,18H,6-7,10-11H2,1-2H3. The molecule has 0 aromatic heterocycles. The summed E-state index contributed by atoms with van der Waals surface area (Å²) in [5.41, 5.74) is 4.77. The Balaban J connectivity index is 1.98. The Morgan fingerprint density at radius 1 is 1.05 bits per heavy atom. The monoisotopic (exact) mass is 282 g/mol. The normalized spacial score (nSPS) is 18.5. The fourth-order valence-corrected chi connectivity index (χ4v) is 2.88. The van der Waals surface area contributed by atoms with Crippen molar-refractivity contribution in [3.05, 3.63) is 53.6 Å². The maximum absolute atomic E-state index is 6.20. The van der Waals surface area contributed by atoms with Crippen molar-refractivity contribution >= 4 is 0 Å². The van der Waals surface area contributed by atoms with Gasteiger partial charge >= 0.3 is 0 Å². The van der Waals surface area contributed by atoms with Crippen molar-refractivity contribution in [2.45, 2.75) is 39.4 Å². The molecule has 0 amide bonds. The first-order chi connectivity index (χ1) is 10.2. The van der Waals surface area contributed by atoms with E-state index in [4.69, 9.17) is 9.47 Å². The van der Waals surface area contributed by atoms with E-state index < -0.39 is 0 Å². The second-order valence-corrected chi connectivity index (χ2v) is 5.74. The van der Waals surface area contributed by atoms with Gasteiger partial charge in [-0.1, -0.05) is 36.4 Å². The molecule has 110 valence electrons. The molecule has 2 nitrogen and oxygen atoms in total. The number of aryl methyl sites for hydroxylation is 2. The van der Waals surface area contributed by atoms with Gasteiger partial charge in [0.25, 0.3) is 0 Å². The zero-order valence-electron chi connectivity index (χ0n) is 12.8. The van der Waals surface area contributed by atoms with Gasteiger partial charge in [0.05, 0.1) is 6.61 Å². The van der Waals surface area contributed by atoms with Crippen molar-refractivity contribution in [1.82, 2.24) is 0 Å². The fourth-order valence-electron chi connectivity index (χ4n) is 2.88. The molecule has 2 heteroatoms. The first kappa shape index (κ1) is 14.2. The molecule has 1 saturated heterocycles. The molecular weight excluding hydrogens is 260 g/mol. The van der Waals surface area contributed by atoms with Gasteiger partial charge in [-0.15, -0.1) is 0 Å². The molecule has 0 bridgehead atoms. The largest absolute Gasteiger partial charge is 0.464 e. The molecule has 0 radical (unpaired) electrons. The number of hydrogen-bond donors (Lipinski definition) is 0. The van der Waals surface area contributed by atoms with Crippen molar-refractivity contribution in [3.8, 4) is 16.9 Å². The van der Waals surface area contributed by atoms with Crippen LogP contribution in [0.1, 0.15) is 30.4 Å². The van der Waals surface area contributed by atoms with E-state index in [1.165, 1.54) is 23.1 Å². The van der Waals surface area contributed by atoms with E-state index in [0.29, 0.717) is 0 Å². The lowest BCUT2D eigenvalue weighted by atomic mass is 9.99. The summed E-state index contributed by atoms with van der Waals surface area (Å²) in [6.07, 6.45) is 3.18. The van der Waals surface area contributed by atoms with Gasteiger partial charge in [-0.05, 0) is 49.4 Å². The zero-order valence-corrected chi connectivity index (χ0v) is 12.8. The second-order valence-electron chi connectivity index (χ2n) is 5.74. The number of rotatable bonds is 3. The number of hydrogen-bond acceptors (Lipinski definition) is 2. The summed E-state index contributed by atoms with van der Waals surface area (Å²) < 4.78 is 11.9. The van der Waals surface area contributed by atoms with Crippen molar-refractivity contribution < 1.29 is 9.47 Å². The van der Waals surface area contributed by atoms with E-state index in [-0.39, 0.29) is 6.29 Å². The Labute approximate surface area is 126 Å². The zero-order chi connectivity index (χ0) is 14.7. The Hall–Kier alpha value is -1.80. The summed E-state index contributed by atoms with van der Waals surface area (Å²) in [4.78, 5) is 0. The van der Waals surface area contributed by atoms with E-state index in [1.807, 2.05) is 6.07 Å². The van der Waals surface area contributed by atoms with Crippen LogP contribution in [-0.2, 0) is 4.74 Å². The summed E-state index contributed by atoms with van der Waals surface area (Å²) in [7, 11) is 0. The molecule has 1 aliphatic rings. The summed E-state index contributed by atoms with van der Waals surface area (Å²) in [6.45, 7) is 5.04. The lowest BCUT2D eigenvalue weighted by molar-refractivity contribution is -0.105. The quantitative estimate of drug-likeness (QED) is 0.799. The smallest absolute Gasteiger partial charge is 0.199 e. The average Bonchev–Trinajstić information content (AvgIpc) is 2.51. The predicted molar refractivity (Wildman–Crippen MR) is 85.6 cm³/mol. The molecule has 1 atom stereocenters. The first-order valence-corrected chi connectivity index (χ1v) is 7.69. The molecular formula is C19H22O2. The van der Waals surface area contributed by atoms with Gasteiger partial charge in [0.15, 0.2) is 6.29 Å². The van der Waals surface area contributed by atoms with E-state index in [9.17, 15) is 0 Å². The highest BCUT2D eigenvalue weighted by Crippen LogP contribution is 2.35. The van der Waals surface area contributed by atoms with Crippen LogP contribution in [0.4, 0.5) is 0 Å². The molecule has 21 heavy (non-hydrogen) atoms. The van der Waals surface area contributed by atoms with E-state index >= 15 is 0 Å². The Morgan fingerprint density at radius 3 is 2.57 bits per heavy atom. The van der Waals surface area contributed by atoms with Crippen LogP contribution in [0.3, 0.4) is 0 Å². The number of ether oxygens (including phenoxy) is 2. The molecule has 0 saturated carbocycles. The van der Waals surface area contributed by atoms with E-state index in [1.54, 1.807) is 0 Å². The van der Waals surface area contributed by atoms with Gasteiger partial charge in [0.1, 0.15) is 5.75 Å². The first-order valence-electron chi connectivity index (χ1n) is 7.69. The Morgan fingerprint density at radius 2 is 1.86 bits per heavy atom. The highest BCUT2D eigenvalue weighted by Gasteiger charge is 2.19. The van der Waals surface area contributed by atoms with Crippen molar-refractivity contribution in [2.24, 2.45) is 0 Å². The fraction of sp³-hybridized carbons (Fsp3) is 0.368. The second kappa shape index (κ2) is 6.31. The van der Waals surface area contributed by atoms with Crippen LogP contribution in [0.5, 0.6) is 5.75 Å². The highest BCUT2D eigenvalue weighted by molar-refractivity contribution is 5.73. The topological polar surface area (TPSA) is 18.5 Å². The average molecular weight is 282 g/mol. The van der Waals surface area contributed by atoms with E-state index in [0.717, 1.165) is 30.8 Å². The lowest BCUT2D eigenvalue weighted by Gasteiger charge is -2.26. The molecule has 1 aliphatic heterocycles. The highest BCUT2D eigenvalue weighted by atomic mass is 16.7. The number of benzene rings is 2. The summed E-state index contributed by atoms with van der Waals surface area (Å²) in [6, 6.07) is 14.8. The lowest BCUT2D eigenvalue weighted by Crippen LogP contribution is -2.25. The van der Waals surface area contributed by atoms with Crippen molar-refractivity contribution in [1.29, 1.82) is 0 Å². The van der Waals surface area contributed by atoms with Crippen LogP contribution in [0.25, 0.3) is 11.1 Å². The third kappa shape index (κ3) is 3.27. The van der Waals surface area contributed by atoms with E-state index in [2.05, 4.69) is 50.2 Å². The molecule has 0 spiro atoms. The molecule has 2 aromatic carbocycles. The van der Waals surface area contributed by atoms with Crippen molar-refractivity contribution in [3.63, 3.8) is 0 Å². The van der Waals surface area contributed by atoms with Crippen LogP contribution in [0, 0.1) is 13.8 Å². The van der Waals surface area contributed by atoms with Crippen molar-refractivity contribution in [2.75, 3.05) is 6.61 Å². The minimum Gasteiger partial charge on any atom is -0.464 e. The minimum absolute atomic E-state index is 0.109. The molecule has 1 unspecified atom stereocenters. The van der Waals surface area contributed by atoms with Crippen LogP contribution >= 0.6 is 0 Å². The summed E-state index contributed by atoms with van der Waals surface area (Å²) in [5, 5.41) is 0. The van der Waals surface area contributed by atoms with Gasteiger partial charge in [-0.25, -0.2) is 0 Å². The summed E-state index contributed by atoms with van der Waals surface area (Å²) >= 11 is 0. The van der Waals surface area contributed by atoms with Gasteiger partial charge < -0.3 is 9.47 Å². The molecule has 2 aromatic rings. The molecule has 0 aliphatic carbocycles. The molecule has 0 N–H and O–H groups in total. The Bertz CT molecular complexity index is 598. The van der Waals surface area contributed by atoms with Crippen LogP contribution in [0.15, 0.2) is 42.5 Å². The third-order valence-electron chi connectivity index (χ3n) is 3.89. The SMILES string of the molecule is Cc1cc(C)c(OC2CCCCO2)c(-c2ccccc2)c1. The van der Waals surface area contributed by atoms with Gasteiger partial charge in [0, 0.05) is 12.0 Å². The maximum Gasteiger partial charge on any atom is 0.199 e. The third-order valence-corrected chi connectivity index (χ3v) is 3.89. The minimum atomic E-state index is -0.109. The predicted octanol–water partition coefficient (Wildman–Crippen LogP) is 4.88.